The van der Waals surface area contributed by atoms with Gasteiger partial charge < -0.3 is 4.74 Å². The molecule has 0 spiro atoms. The van der Waals surface area contributed by atoms with Crippen molar-refractivity contribution < 1.29 is 56.1 Å². The second-order valence-electron chi connectivity index (χ2n) is 3.02. The first-order valence-corrected chi connectivity index (χ1v) is 4.54. The predicted molar refractivity (Wildman–Crippen MR) is 58.5 cm³/mol. The molecule has 0 aliphatic rings. The van der Waals surface area contributed by atoms with Gasteiger partial charge in [-0.15, -0.1) is 35.0 Å². The number of hydrogen-bond acceptors (Lipinski definition) is 1. The number of hydrogen-bond donors (Lipinski definition) is 0. The van der Waals surface area contributed by atoms with E-state index in [2.05, 4.69) is 18.7 Å². The molecule has 0 bridgehead atoms. The quantitative estimate of drug-likeness (QED) is 0.410. The first-order chi connectivity index (χ1) is 6.90. The van der Waals surface area contributed by atoms with Crippen LogP contribution in [0.4, 0.5) is 0 Å². The molecule has 0 radical (unpaired) electrons. The Hall–Kier alpha value is -0.124. The normalized spacial score (nSPS) is 9.33. The standard InChI is InChI=1S/C13H11O.K/c1-2-9-14-13-8-7-11-5-3-4-6-12(11)10-13;/h2-5,7-8,10H,1,9H2;/q-1;+1. The summed E-state index contributed by atoms with van der Waals surface area (Å²) in [6.45, 7) is 4.15. The largest absolute Gasteiger partial charge is 1.00 e. The second kappa shape index (κ2) is 6.46. The van der Waals surface area contributed by atoms with Crippen LogP contribution < -0.4 is 56.1 Å². The summed E-state index contributed by atoms with van der Waals surface area (Å²) in [7, 11) is 0. The molecule has 2 aromatic carbocycles. The van der Waals surface area contributed by atoms with Gasteiger partial charge in [-0.2, -0.15) is 0 Å². The third-order valence-electron chi connectivity index (χ3n) is 2.00. The smallest absolute Gasteiger partial charge is 0.499 e. The fourth-order valence-electron chi connectivity index (χ4n) is 1.34. The summed E-state index contributed by atoms with van der Waals surface area (Å²) >= 11 is 0. The Bertz CT molecular complexity index is 451. The third kappa shape index (κ3) is 3.43. The van der Waals surface area contributed by atoms with Crippen molar-refractivity contribution in [1.29, 1.82) is 0 Å². The maximum Gasteiger partial charge on any atom is 1.00 e. The van der Waals surface area contributed by atoms with Gasteiger partial charge in [0.1, 0.15) is 6.61 Å². The van der Waals surface area contributed by atoms with Gasteiger partial charge in [-0.1, -0.05) is 24.8 Å². The van der Waals surface area contributed by atoms with Gasteiger partial charge in [0, 0.05) is 0 Å². The Morgan fingerprint density at radius 3 is 3.00 bits per heavy atom. The third-order valence-corrected chi connectivity index (χ3v) is 2.00. The molecule has 0 unspecified atom stereocenters. The zero-order valence-corrected chi connectivity index (χ0v) is 12.0. The minimum Gasteiger partial charge on any atom is -0.499 e. The zero-order chi connectivity index (χ0) is 9.80. The number of ether oxygens (including phenoxy) is 1. The number of fused-ring (bicyclic) bond motifs is 1. The summed E-state index contributed by atoms with van der Waals surface area (Å²) in [4.78, 5) is 0. The minimum atomic E-state index is 0. The first-order valence-electron chi connectivity index (χ1n) is 4.54. The van der Waals surface area contributed by atoms with Crippen molar-refractivity contribution in [2.75, 3.05) is 6.61 Å². The van der Waals surface area contributed by atoms with Crippen LogP contribution in [-0.4, -0.2) is 6.61 Å². The maximum absolute atomic E-state index is 5.43. The van der Waals surface area contributed by atoms with Crippen molar-refractivity contribution in [3.63, 3.8) is 0 Å². The average molecular weight is 222 g/mol. The van der Waals surface area contributed by atoms with E-state index < -0.39 is 0 Å². The van der Waals surface area contributed by atoms with Gasteiger partial charge in [0.2, 0.25) is 0 Å². The van der Waals surface area contributed by atoms with Gasteiger partial charge >= 0.3 is 51.4 Å². The molecule has 0 saturated heterocycles. The van der Waals surface area contributed by atoms with E-state index in [0.717, 1.165) is 11.1 Å². The fourth-order valence-corrected chi connectivity index (χ4v) is 1.34. The Morgan fingerprint density at radius 2 is 2.20 bits per heavy atom. The van der Waals surface area contributed by atoms with Crippen LogP contribution in [0.25, 0.3) is 10.8 Å². The van der Waals surface area contributed by atoms with E-state index in [1.165, 1.54) is 5.39 Å². The van der Waals surface area contributed by atoms with Crippen LogP contribution >= 0.6 is 0 Å². The molecule has 2 rings (SSSR count). The number of rotatable bonds is 3. The van der Waals surface area contributed by atoms with Crippen molar-refractivity contribution in [2.24, 2.45) is 0 Å². The van der Waals surface area contributed by atoms with E-state index >= 15 is 0 Å². The van der Waals surface area contributed by atoms with Crippen molar-refractivity contribution in [2.45, 2.75) is 0 Å². The molecule has 0 saturated carbocycles. The van der Waals surface area contributed by atoms with E-state index in [1.807, 2.05) is 30.3 Å². The van der Waals surface area contributed by atoms with E-state index in [-0.39, 0.29) is 51.4 Å². The van der Waals surface area contributed by atoms with Crippen LogP contribution in [0.15, 0.2) is 49.1 Å². The molecule has 1 nitrogen and oxygen atoms in total. The van der Waals surface area contributed by atoms with Crippen LogP contribution in [-0.2, 0) is 0 Å². The molecule has 2 heteroatoms. The fraction of sp³-hybridized carbons (Fsp3) is 0.0769. The summed E-state index contributed by atoms with van der Waals surface area (Å²) in [6, 6.07) is 15.1. The molecule has 0 atom stereocenters. The molecule has 15 heavy (non-hydrogen) atoms. The summed E-state index contributed by atoms with van der Waals surface area (Å²) in [5.41, 5.74) is 0. The average Bonchev–Trinajstić information content (AvgIpc) is 2.26. The SMILES string of the molecule is C=CCOc1ccc2ccc[c-]c2c1.[K+]. The van der Waals surface area contributed by atoms with E-state index in [0.29, 0.717) is 6.61 Å². The van der Waals surface area contributed by atoms with Crippen molar-refractivity contribution in [3.8, 4) is 5.75 Å². The molecule has 0 N–H and O–H groups in total. The molecule has 0 aliphatic carbocycles. The molecule has 70 valence electrons. The molecule has 0 heterocycles. The molecule has 0 fully saturated rings. The Labute approximate surface area is 133 Å². The van der Waals surface area contributed by atoms with E-state index in [9.17, 15) is 0 Å². The van der Waals surface area contributed by atoms with Gasteiger partial charge in [0.05, 0.1) is 5.75 Å². The molecule has 0 amide bonds. The van der Waals surface area contributed by atoms with Crippen LogP contribution in [0.2, 0.25) is 0 Å². The van der Waals surface area contributed by atoms with E-state index in [4.69, 9.17) is 4.74 Å². The van der Waals surface area contributed by atoms with Gasteiger partial charge in [-0.25, -0.2) is 0 Å². The molecule has 2 aromatic rings. The summed E-state index contributed by atoms with van der Waals surface area (Å²) < 4.78 is 5.43. The Kier molecular flexibility index (Phi) is 5.57. The number of benzene rings is 2. The zero-order valence-electron chi connectivity index (χ0n) is 8.86. The van der Waals surface area contributed by atoms with Crippen LogP contribution in [0, 0.1) is 6.07 Å². The Morgan fingerprint density at radius 1 is 1.33 bits per heavy atom. The molecule has 0 aliphatic heterocycles. The maximum atomic E-state index is 5.43. The predicted octanol–water partition coefficient (Wildman–Crippen LogP) is 0.209. The van der Waals surface area contributed by atoms with Gasteiger partial charge in [-0.3, -0.25) is 0 Å². The molecule has 0 aromatic heterocycles. The monoisotopic (exact) mass is 222 g/mol. The van der Waals surface area contributed by atoms with Crippen LogP contribution in [0.3, 0.4) is 0 Å². The van der Waals surface area contributed by atoms with Crippen LogP contribution in [0.1, 0.15) is 0 Å². The van der Waals surface area contributed by atoms with Gasteiger partial charge in [0.15, 0.2) is 0 Å². The molecular formula is C13H11KO. The van der Waals surface area contributed by atoms with Gasteiger partial charge in [0.25, 0.3) is 0 Å². The van der Waals surface area contributed by atoms with Crippen molar-refractivity contribution >= 4 is 10.8 Å². The first kappa shape index (κ1) is 12.9. The van der Waals surface area contributed by atoms with E-state index in [1.54, 1.807) is 6.08 Å². The van der Waals surface area contributed by atoms with Crippen molar-refractivity contribution in [3.05, 3.63) is 55.1 Å². The topological polar surface area (TPSA) is 9.23 Å². The summed E-state index contributed by atoms with van der Waals surface area (Å²) in [5.74, 6) is 0.861. The summed E-state index contributed by atoms with van der Waals surface area (Å²) in [6.07, 6.45) is 1.74. The second-order valence-corrected chi connectivity index (χ2v) is 3.02. The minimum absolute atomic E-state index is 0. The molecular weight excluding hydrogens is 211 g/mol. The van der Waals surface area contributed by atoms with Crippen molar-refractivity contribution in [1.82, 2.24) is 0 Å². The van der Waals surface area contributed by atoms with Crippen LogP contribution in [0.5, 0.6) is 5.75 Å². The Balaban J connectivity index is 0.00000112. The summed E-state index contributed by atoms with van der Waals surface area (Å²) in [5, 5.41) is 2.26. The van der Waals surface area contributed by atoms with Gasteiger partial charge in [-0.05, 0) is 6.07 Å².